The molecule has 150 valence electrons. The largest absolute Gasteiger partial charge is 0.573 e. The van der Waals surface area contributed by atoms with Crippen LogP contribution in [0, 0.1) is 0 Å². The average Bonchev–Trinajstić information content (AvgIpc) is 2.55. The number of nitrogens with zero attached hydrogens (tertiary/aromatic N) is 2. The quantitative estimate of drug-likeness (QED) is 0.723. The van der Waals surface area contributed by atoms with Crippen molar-refractivity contribution in [1.29, 1.82) is 0 Å². The molecule has 3 rings (SSSR count). The fourth-order valence-corrected chi connectivity index (χ4v) is 2.51. The topological polar surface area (TPSA) is 51.7 Å². The number of carbonyl (C=O) groups is 1. The molecule has 5 nitrogen and oxygen atoms in total. The van der Waals surface area contributed by atoms with E-state index >= 15 is 0 Å². The van der Waals surface area contributed by atoms with Gasteiger partial charge in [0.15, 0.2) is 0 Å². The van der Waals surface area contributed by atoms with Crippen molar-refractivity contribution in [3.63, 3.8) is 0 Å². The molecule has 2 heterocycles. The predicted molar refractivity (Wildman–Crippen MR) is 82.7 cm³/mol. The zero-order valence-corrected chi connectivity index (χ0v) is 13.9. The third-order valence-electron chi connectivity index (χ3n) is 3.80. The number of carbonyl (C=O) groups excluding carboxylic acids is 1. The highest BCUT2D eigenvalue weighted by atomic mass is 19.4. The van der Waals surface area contributed by atoms with Crippen LogP contribution in [0.5, 0.6) is 11.6 Å². The summed E-state index contributed by atoms with van der Waals surface area (Å²) in [4.78, 5) is 17.3. The minimum absolute atomic E-state index is 0.0163. The van der Waals surface area contributed by atoms with Crippen molar-refractivity contribution in [2.75, 3.05) is 13.1 Å². The molecule has 1 aromatic carbocycles. The second-order valence-electron chi connectivity index (χ2n) is 5.91. The molecule has 0 radical (unpaired) electrons. The Morgan fingerprint density at radius 1 is 1.07 bits per heavy atom. The number of hydrogen-bond donors (Lipinski definition) is 0. The lowest BCUT2D eigenvalue weighted by Gasteiger charge is -2.38. The van der Waals surface area contributed by atoms with E-state index < -0.39 is 35.9 Å². The minimum atomic E-state index is -4.88. The predicted octanol–water partition coefficient (Wildman–Crippen LogP) is 3.90. The third kappa shape index (κ3) is 4.84. The van der Waals surface area contributed by atoms with Gasteiger partial charge in [0.1, 0.15) is 11.9 Å². The van der Waals surface area contributed by atoms with Gasteiger partial charge in [-0.25, -0.2) is 4.98 Å². The highest BCUT2D eigenvalue weighted by Gasteiger charge is 2.35. The van der Waals surface area contributed by atoms with Crippen molar-refractivity contribution < 1.29 is 40.6 Å². The Labute approximate surface area is 154 Å². The second kappa shape index (κ2) is 7.21. The second-order valence-corrected chi connectivity index (χ2v) is 5.91. The molecule has 1 amide bonds. The van der Waals surface area contributed by atoms with Crippen LogP contribution in [0.3, 0.4) is 0 Å². The summed E-state index contributed by atoms with van der Waals surface area (Å²) in [5.74, 6) is -1.31. The van der Waals surface area contributed by atoms with Crippen LogP contribution in [0.1, 0.15) is 15.9 Å². The zero-order chi connectivity index (χ0) is 20.5. The van der Waals surface area contributed by atoms with E-state index in [2.05, 4.69) is 9.72 Å². The van der Waals surface area contributed by atoms with Gasteiger partial charge in [-0.1, -0.05) is 6.07 Å². The first-order valence-corrected chi connectivity index (χ1v) is 7.86. The van der Waals surface area contributed by atoms with Gasteiger partial charge in [-0.15, -0.1) is 13.2 Å². The summed E-state index contributed by atoms with van der Waals surface area (Å²) in [6.45, 7) is 0.113. The van der Waals surface area contributed by atoms with E-state index in [4.69, 9.17) is 4.74 Å². The first kappa shape index (κ1) is 19.8. The monoisotopic (exact) mass is 406 g/mol. The molecule has 0 aliphatic carbocycles. The first-order valence-electron chi connectivity index (χ1n) is 7.86. The van der Waals surface area contributed by atoms with E-state index in [1.807, 2.05) is 0 Å². The molecule has 28 heavy (non-hydrogen) atoms. The summed E-state index contributed by atoms with van der Waals surface area (Å²) in [6, 6.07) is 6.15. The lowest BCUT2D eigenvalue weighted by Crippen LogP contribution is -2.56. The summed E-state index contributed by atoms with van der Waals surface area (Å²) in [6.07, 6.45) is -9.03. The van der Waals surface area contributed by atoms with Gasteiger partial charge in [-0.3, -0.25) is 4.79 Å². The number of pyridine rings is 1. The first-order chi connectivity index (χ1) is 13.0. The van der Waals surface area contributed by atoms with Crippen LogP contribution >= 0.6 is 0 Å². The van der Waals surface area contributed by atoms with Crippen molar-refractivity contribution in [2.24, 2.45) is 0 Å². The van der Waals surface area contributed by atoms with Crippen LogP contribution in [-0.4, -0.2) is 41.3 Å². The van der Waals surface area contributed by atoms with Crippen molar-refractivity contribution in [2.45, 2.75) is 18.6 Å². The molecule has 0 N–H and O–H groups in total. The van der Waals surface area contributed by atoms with Crippen LogP contribution in [0.15, 0.2) is 42.6 Å². The Kier molecular flexibility index (Phi) is 5.09. The van der Waals surface area contributed by atoms with Crippen LogP contribution in [0.2, 0.25) is 0 Å². The summed E-state index contributed by atoms with van der Waals surface area (Å²) in [7, 11) is 0. The highest BCUT2D eigenvalue weighted by molar-refractivity contribution is 5.95. The third-order valence-corrected chi connectivity index (χ3v) is 3.80. The van der Waals surface area contributed by atoms with Crippen molar-refractivity contribution in [3.8, 4) is 11.6 Å². The molecule has 11 heteroatoms. The average molecular weight is 406 g/mol. The Hall–Kier alpha value is -2.98. The molecular weight excluding hydrogens is 394 g/mol. The summed E-state index contributed by atoms with van der Waals surface area (Å²) < 4.78 is 83.9. The Morgan fingerprint density at radius 3 is 2.43 bits per heavy atom. The van der Waals surface area contributed by atoms with E-state index in [0.717, 1.165) is 30.5 Å². The van der Waals surface area contributed by atoms with Gasteiger partial charge in [0.25, 0.3) is 5.91 Å². The van der Waals surface area contributed by atoms with E-state index in [1.165, 1.54) is 17.0 Å². The number of ether oxygens (including phenoxy) is 2. The molecule has 1 saturated heterocycles. The van der Waals surface area contributed by atoms with Gasteiger partial charge in [0, 0.05) is 17.8 Å². The van der Waals surface area contributed by atoms with Crippen molar-refractivity contribution in [3.05, 3.63) is 53.7 Å². The Balaban J connectivity index is 1.58. The Bertz CT molecular complexity index is 862. The van der Waals surface area contributed by atoms with Gasteiger partial charge >= 0.3 is 12.5 Å². The lowest BCUT2D eigenvalue weighted by atomic mass is 10.1. The fraction of sp³-hybridized carbons (Fsp3) is 0.294. The highest BCUT2D eigenvalue weighted by Crippen LogP contribution is 2.31. The van der Waals surface area contributed by atoms with Gasteiger partial charge in [-0.2, -0.15) is 13.2 Å². The smallest absolute Gasteiger partial charge is 0.471 e. The van der Waals surface area contributed by atoms with E-state index in [1.54, 1.807) is 0 Å². The van der Waals surface area contributed by atoms with E-state index in [-0.39, 0.29) is 24.5 Å². The number of halogens is 6. The van der Waals surface area contributed by atoms with Crippen LogP contribution in [0.25, 0.3) is 0 Å². The van der Waals surface area contributed by atoms with Gasteiger partial charge in [-0.05, 0) is 24.3 Å². The van der Waals surface area contributed by atoms with Gasteiger partial charge in [0.05, 0.1) is 18.7 Å². The lowest BCUT2D eigenvalue weighted by molar-refractivity contribution is -0.274. The van der Waals surface area contributed by atoms with E-state index in [0.29, 0.717) is 0 Å². The number of rotatable bonds is 4. The van der Waals surface area contributed by atoms with Crippen LogP contribution < -0.4 is 9.47 Å². The maximum absolute atomic E-state index is 12.7. The number of hydrogen-bond acceptors (Lipinski definition) is 4. The van der Waals surface area contributed by atoms with Gasteiger partial charge in [0.2, 0.25) is 5.88 Å². The minimum Gasteiger partial charge on any atom is -0.471 e. The standard InChI is InChI=1S/C17H12F6N2O3/c18-16(19,20)11-4-5-24-14(7-11)27-13-8-25(9-13)15(26)10-2-1-3-12(6-10)28-17(21,22)23/h1-7,13H,8-9H2. The van der Waals surface area contributed by atoms with Crippen LogP contribution in [0.4, 0.5) is 26.3 Å². The zero-order valence-electron chi connectivity index (χ0n) is 13.9. The van der Waals surface area contributed by atoms with Crippen molar-refractivity contribution in [1.82, 2.24) is 9.88 Å². The maximum atomic E-state index is 12.7. The molecular formula is C17H12F6N2O3. The van der Waals surface area contributed by atoms with Crippen molar-refractivity contribution >= 4 is 5.91 Å². The molecule has 0 bridgehead atoms. The summed E-state index contributed by atoms with van der Waals surface area (Å²) >= 11 is 0. The number of benzene rings is 1. The summed E-state index contributed by atoms with van der Waals surface area (Å²) in [5.41, 5.74) is -0.927. The number of likely N-dealkylation sites (tertiary alicyclic amines) is 1. The Morgan fingerprint density at radius 2 is 1.79 bits per heavy atom. The maximum Gasteiger partial charge on any atom is 0.573 e. The number of amides is 1. The molecule has 1 fully saturated rings. The summed E-state index contributed by atoms with van der Waals surface area (Å²) in [5, 5.41) is 0. The molecule has 2 aromatic rings. The molecule has 1 aliphatic rings. The SMILES string of the molecule is O=C(c1cccc(OC(F)(F)F)c1)N1CC(Oc2cc(C(F)(F)F)ccn2)C1. The molecule has 0 spiro atoms. The molecule has 0 atom stereocenters. The number of aromatic nitrogens is 1. The normalized spacial score (nSPS) is 15.1. The molecule has 0 unspecified atom stereocenters. The van der Waals surface area contributed by atoms with E-state index in [9.17, 15) is 31.1 Å². The van der Waals surface area contributed by atoms with Gasteiger partial charge < -0.3 is 14.4 Å². The molecule has 1 aromatic heterocycles. The molecule has 0 saturated carbocycles. The number of alkyl halides is 6. The molecule has 1 aliphatic heterocycles. The van der Waals surface area contributed by atoms with Crippen LogP contribution in [-0.2, 0) is 6.18 Å². The fourth-order valence-electron chi connectivity index (χ4n) is 2.51.